The minimum atomic E-state index is -1.42. The Labute approximate surface area is 233 Å². The van der Waals surface area contributed by atoms with E-state index in [-0.39, 0.29) is 22.8 Å². The van der Waals surface area contributed by atoms with Gasteiger partial charge in [0.25, 0.3) is 0 Å². The summed E-state index contributed by atoms with van der Waals surface area (Å²) in [7, 11) is 1.52. The molecule has 5 nitrogen and oxygen atoms in total. The van der Waals surface area contributed by atoms with E-state index in [1.165, 1.54) is 13.3 Å². The van der Waals surface area contributed by atoms with Crippen molar-refractivity contribution in [3.63, 3.8) is 0 Å². The molecule has 1 fully saturated rings. The second kappa shape index (κ2) is 12.7. The van der Waals surface area contributed by atoms with Gasteiger partial charge in [-0.15, -0.1) is 11.8 Å². The number of carbonyl (C=O) groups is 1. The molecule has 1 atom stereocenters. The molecule has 2 heterocycles. The lowest BCUT2D eigenvalue weighted by molar-refractivity contribution is -0.141. The first-order valence-corrected chi connectivity index (χ1v) is 13.9. The number of likely N-dealkylation sites (tertiary alicyclic amines) is 1. The van der Waals surface area contributed by atoms with Crippen molar-refractivity contribution in [3.05, 3.63) is 64.6 Å². The van der Waals surface area contributed by atoms with Crippen molar-refractivity contribution >= 4 is 40.2 Å². The number of piperidine rings is 1. The van der Waals surface area contributed by atoms with Gasteiger partial charge in [-0.05, 0) is 62.4 Å². The lowest BCUT2D eigenvalue weighted by Gasteiger charge is -2.41. The van der Waals surface area contributed by atoms with Gasteiger partial charge in [0.15, 0.2) is 0 Å². The number of methoxy groups -OCH3 is 1. The van der Waals surface area contributed by atoms with E-state index >= 15 is 4.39 Å². The van der Waals surface area contributed by atoms with Crippen LogP contribution in [-0.2, 0) is 4.79 Å². The number of rotatable bonds is 11. The summed E-state index contributed by atoms with van der Waals surface area (Å²) in [5.74, 6) is -2.83. The Balaban J connectivity index is 1.39. The lowest BCUT2D eigenvalue weighted by atomic mass is 9.71. The Morgan fingerprint density at radius 1 is 1.21 bits per heavy atom. The summed E-state index contributed by atoms with van der Waals surface area (Å²) >= 11 is 7.34. The van der Waals surface area contributed by atoms with Crippen molar-refractivity contribution < 1.29 is 32.2 Å². The number of benzene rings is 2. The number of thioether (sulfide) groups is 1. The molecule has 1 saturated heterocycles. The normalized spacial score (nSPS) is 16.4. The zero-order valence-corrected chi connectivity index (χ0v) is 22.9. The summed E-state index contributed by atoms with van der Waals surface area (Å²) in [5.41, 5.74) is 0.326. The number of ether oxygens (including phenoxy) is 1. The summed E-state index contributed by atoms with van der Waals surface area (Å²) < 4.78 is 61.9. The summed E-state index contributed by atoms with van der Waals surface area (Å²) in [6.45, 7) is 1.68. The third-order valence-electron chi connectivity index (χ3n) is 7.37. The van der Waals surface area contributed by atoms with E-state index in [1.54, 1.807) is 18.2 Å². The molecule has 2 aromatic carbocycles. The second-order valence-electron chi connectivity index (χ2n) is 9.87. The van der Waals surface area contributed by atoms with E-state index in [9.17, 15) is 23.1 Å². The number of pyridine rings is 1. The summed E-state index contributed by atoms with van der Waals surface area (Å²) in [5, 5.41) is 10.4. The maximum atomic E-state index is 15.7. The molecule has 1 N–H and O–H groups in total. The first kappa shape index (κ1) is 29.4. The van der Waals surface area contributed by atoms with Gasteiger partial charge in [0, 0.05) is 41.6 Å². The van der Waals surface area contributed by atoms with Crippen molar-refractivity contribution in [2.24, 2.45) is 5.41 Å². The molecule has 1 aliphatic heterocycles. The third-order valence-corrected chi connectivity index (χ3v) is 8.74. The van der Waals surface area contributed by atoms with Gasteiger partial charge in [-0.2, -0.15) is 0 Å². The highest BCUT2D eigenvalue weighted by atomic mass is 35.5. The maximum Gasteiger partial charge on any atom is 0.303 e. The van der Waals surface area contributed by atoms with Crippen molar-refractivity contribution in [3.8, 4) is 5.75 Å². The summed E-state index contributed by atoms with van der Waals surface area (Å²) in [4.78, 5) is 17.9. The van der Waals surface area contributed by atoms with Crippen LogP contribution < -0.4 is 4.74 Å². The quantitative estimate of drug-likeness (QED) is 0.186. The number of halogens is 5. The van der Waals surface area contributed by atoms with Gasteiger partial charge >= 0.3 is 5.97 Å². The molecule has 1 aromatic heterocycles. The molecule has 0 bridgehead atoms. The van der Waals surface area contributed by atoms with Crippen LogP contribution in [0, 0.1) is 22.9 Å². The fourth-order valence-corrected chi connectivity index (χ4v) is 6.44. The Kier molecular flexibility index (Phi) is 9.61. The van der Waals surface area contributed by atoms with Crippen molar-refractivity contribution in [2.45, 2.75) is 43.2 Å². The number of aliphatic carboxylic acids is 1. The van der Waals surface area contributed by atoms with Crippen LogP contribution in [0.2, 0.25) is 5.02 Å². The predicted molar refractivity (Wildman–Crippen MR) is 144 cm³/mol. The molecule has 4 rings (SSSR count). The van der Waals surface area contributed by atoms with Crippen LogP contribution in [0.15, 0.2) is 41.4 Å². The van der Waals surface area contributed by atoms with Gasteiger partial charge in [-0.3, -0.25) is 9.78 Å². The number of carboxylic acids is 1. The molecule has 3 aromatic rings. The van der Waals surface area contributed by atoms with Gasteiger partial charge in [0.05, 0.1) is 29.0 Å². The fraction of sp³-hybridized carbons (Fsp3) is 0.429. The van der Waals surface area contributed by atoms with Crippen LogP contribution in [0.25, 0.3) is 10.9 Å². The summed E-state index contributed by atoms with van der Waals surface area (Å²) in [6.07, 6.45) is 1.49. The lowest BCUT2D eigenvalue weighted by Crippen LogP contribution is -2.42. The van der Waals surface area contributed by atoms with Gasteiger partial charge < -0.3 is 14.7 Å². The molecular formula is C28H29ClF4N2O3S. The number of nitrogens with zero attached hydrogens (tertiary/aromatic N) is 2. The monoisotopic (exact) mass is 584 g/mol. The van der Waals surface area contributed by atoms with E-state index in [1.807, 2.05) is 0 Å². The Hall–Kier alpha value is -2.56. The van der Waals surface area contributed by atoms with Crippen molar-refractivity contribution in [2.75, 3.05) is 32.5 Å². The van der Waals surface area contributed by atoms with E-state index in [0.29, 0.717) is 79.0 Å². The second-order valence-corrected chi connectivity index (χ2v) is 11.4. The van der Waals surface area contributed by atoms with E-state index in [2.05, 4.69) is 9.88 Å². The molecule has 0 saturated carbocycles. The van der Waals surface area contributed by atoms with Crippen LogP contribution in [0.4, 0.5) is 17.6 Å². The highest BCUT2D eigenvalue weighted by Crippen LogP contribution is 2.44. The zero-order valence-electron chi connectivity index (χ0n) is 21.4. The molecule has 1 aliphatic rings. The average Bonchev–Trinajstić information content (AvgIpc) is 2.89. The number of aromatic nitrogens is 1. The maximum absolute atomic E-state index is 15.7. The van der Waals surface area contributed by atoms with Gasteiger partial charge in [0.2, 0.25) is 0 Å². The van der Waals surface area contributed by atoms with Gasteiger partial charge in [0.1, 0.15) is 29.4 Å². The molecular weight excluding hydrogens is 556 g/mol. The number of hydrogen-bond acceptors (Lipinski definition) is 5. The van der Waals surface area contributed by atoms with Gasteiger partial charge in [-0.1, -0.05) is 11.6 Å². The van der Waals surface area contributed by atoms with E-state index in [0.717, 1.165) is 11.8 Å². The predicted octanol–water partition coefficient (Wildman–Crippen LogP) is 7.45. The van der Waals surface area contributed by atoms with Crippen LogP contribution in [0.3, 0.4) is 0 Å². The van der Waals surface area contributed by atoms with Crippen LogP contribution in [0.5, 0.6) is 5.75 Å². The van der Waals surface area contributed by atoms with Crippen LogP contribution in [0.1, 0.15) is 43.8 Å². The molecule has 39 heavy (non-hydrogen) atoms. The number of carboxylic acid groups (broad SMARTS) is 1. The van der Waals surface area contributed by atoms with Gasteiger partial charge in [-0.25, -0.2) is 17.6 Å². The SMILES string of the molecule is COc1ccc2ncc(Cl)c([C@H](F)CCC3(CC(=O)O)CCN(CCSc4c(F)cc(F)cc4F)CC3)c2c1. The molecule has 0 amide bonds. The molecule has 0 unspecified atom stereocenters. The highest BCUT2D eigenvalue weighted by molar-refractivity contribution is 7.99. The summed E-state index contributed by atoms with van der Waals surface area (Å²) in [6, 6.07) is 6.48. The molecule has 210 valence electrons. The molecule has 0 aliphatic carbocycles. The first-order chi connectivity index (χ1) is 18.6. The van der Waals surface area contributed by atoms with Crippen LogP contribution in [-0.4, -0.2) is 53.5 Å². The highest BCUT2D eigenvalue weighted by Gasteiger charge is 2.37. The number of alkyl halides is 1. The standard InChI is InChI=1S/C28H29ClF4N2O3S/c1-38-18-2-3-24-19(14-18)26(20(29)16-34-24)21(31)4-5-28(15-25(36)37)6-8-35(9-7-28)10-11-39-27-22(32)12-17(30)13-23(27)33/h2-3,12-14,16,21H,4-11,15H2,1H3,(H,36,37)/t21-/m1/s1. The van der Waals surface area contributed by atoms with E-state index < -0.39 is 35.0 Å². The first-order valence-electron chi connectivity index (χ1n) is 12.6. The van der Waals surface area contributed by atoms with Crippen LogP contribution >= 0.6 is 23.4 Å². The molecule has 0 spiro atoms. The number of hydrogen-bond donors (Lipinski definition) is 1. The fourth-order valence-electron chi connectivity index (χ4n) is 5.22. The largest absolute Gasteiger partial charge is 0.497 e. The van der Waals surface area contributed by atoms with Crippen molar-refractivity contribution in [1.29, 1.82) is 0 Å². The number of fused-ring (bicyclic) bond motifs is 1. The van der Waals surface area contributed by atoms with Crippen molar-refractivity contribution in [1.82, 2.24) is 9.88 Å². The molecule has 11 heteroatoms. The minimum absolute atomic E-state index is 0.0764. The average molecular weight is 585 g/mol. The van der Waals surface area contributed by atoms with E-state index in [4.69, 9.17) is 16.3 Å². The minimum Gasteiger partial charge on any atom is -0.497 e. The Bertz CT molecular complexity index is 1310. The zero-order chi connectivity index (χ0) is 28.2. The Morgan fingerprint density at radius 3 is 2.54 bits per heavy atom. The molecule has 0 radical (unpaired) electrons. The smallest absolute Gasteiger partial charge is 0.303 e. The topological polar surface area (TPSA) is 62.7 Å². The third kappa shape index (κ3) is 7.15. The Morgan fingerprint density at radius 2 is 1.90 bits per heavy atom.